The van der Waals surface area contributed by atoms with Crippen LogP contribution in [0.3, 0.4) is 0 Å². The van der Waals surface area contributed by atoms with Gasteiger partial charge in [-0.1, -0.05) is 26.8 Å². The van der Waals surface area contributed by atoms with Crippen LogP contribution in [0.1, 0.15) is 38.6 Å². The van der Waals surface area contributed by atoms with Crippen LogP contribution in [0.5, 0.6) is 5.75 Å². The summed E-state index contributed by atoms with van der Waals surface area (Å²) in [5.74, 6) is 1.89. The number of ether oxygens (including phenoxy) is 1. The van der Waals surface area contributed by atoms with Gasteiger partial charge in [0.1, 0.15) is 5.75 Å². The Bertz CT molecular complexity index is 365. The van der Waals surface area contributed by atoms with E-state index in [0.717, 1.165) is 15.8 Å². The van der Waals surface area contributed by atoms with Gasteiger partial charge in [-0.3, -0.25) is 0 Å². The quantitative estimate of drug-likeness (QED) is 0.658. The third kappa shape index (κ3) is 3.89. The highest BCUT2D eigenvalue weighted by Crippen LogP contribution is 2.36. The van der Waals surface area contributed by atoms with Crippen molar-refractivity contribution in [3.05, 3.63) is 28.2 Å². The molecule has 3 heteroatoms. The topological polar surface area (TPSA) is 9.23 Å². The highest BCUT2D eigenvalue weighted by molar-refractivity contribution is 9.10. The first-order valence-electron chi connectivity index (χ1n) is 6.03. The second-order valence-electron chi connectivity index (χ2n) is 4.63. The van der Waals surface area contributed by atoms with Gasteiger partial charge in [0.2, 0.25) is 0 Å². The Morgan fingerprint density at radius 2 is 1.94 bits per heavy atom. The lowest BCUT2D eigenvalue weighted by atomic mass is 9.90. The van der Waals surface area contributed by atoms with Crippen LogP contribution in [0, 0.1) is 11.8 Å². The average Bonchev–Trinajstić information content (AvgIpc) is 2.30. The van der Waals surface area contributed by atoms with Crippen LogP contribution < -0.4 is 4.74 Å². The van der Waals surface area contributed by atoms with E-state index in [2.05, 4.69) is 42.8 Å². The summed E-state index contributed by atoms with van der Waals surface area (Å²) in [6, 6.07) is 6.08. The monoisotopic (exact) mass is 318 g/mol. The molecule has 0 amide bonds. The van der Waals surface area contributed by atoms with Crippen molar-refractivity contribution in [1.29, 1.82) is 0 Å². The lowest BCUT2D eigenvalue weighted by Crippen LogP contribution is -2.10. The Morgan fingerprint density at radius 3 is 2.41 bits per heavy atom. The number of alkyl halides is 1. The third-order valence-corrected chi connectivity index (χ3v) is 4.36. The lowest BCUT2D eigenvalue weighted by molar-refractivity contribution is 0.337. The van der Waals surface area contributed by atoms with Gasteiger partial charge in [0, 0.05) is 0 Å². The molecule has 1 aromatic rings. The van der Waals surface area contributed by atoms with Crippen LogP contribution in [0.15, 0.2) is 22.7 Å². The van der Waals surface area contributed by atoms with Gasteiger partial charge >= 0.3 is 0 Å². The van der Waals surface area contributed by atoms with Crippen LogP contribution in [0.4, 0.5) is 0 Å². The summed E-state index contributed by atoms with van der Waals surface area (Å²) in [6.07, 6.45) is 0. The number of halogens is 2. The molecule has 2 atom stereocenters. The maximum atomic E-state index is 6.49. The molecular formula is C14H20BrClO. The van der Waals surface area contributed by atoms with E-state index in [0.29, 0.717) is 18.4 Å². The molecule has 2 unspecified atom stereocenters. The molecule has 0 aliphatic heterocycles. The van der Waals surface area contributed by atoms with Crippen molar-refractivity contribution in [2.45, 2.75) is 33.1 Å². The summed E-state index contributed by atoms with van der Waals surface area (Å²) in [6.45, 7) is 9.23. The number of hydrogen-bond acceptors (Lipinski definition) is 1. The van der Waals surface area contributed by atoms with E-state index in [1.807, 2.05) is 19.1 Å². The zero-order valence-corrected chi connectivity index (χ0v) is 13.2. The number of hydrogen-bond donors (Lipinski definition) is 0. The Balaban J connectivity index is 2.89. The van der Waals surface area contributed by atoms with E-state index in [4.69, 9.17) is 16.3 Å². The SMILES string of the molecule is CCOc1ccc(C(Cl)C(C)C(C)C)cc1Br. The lowest BCUT2D eigenvalue weighted by Gasteiger charge is -2.22. The average molecular weight is 320 g/mol. The van der Waals surface area contributed by atoms with Crippen molar-refractivity contribution in [2.75, 3.05) is 6.61 Å². The highest BCUT2D eigenvalue weighted by atomic mass is 79.9. The molecule has 0 aliphatic carbocycles. The van der Waals surface area contributed by atoms with Gasteiger partial charge in [0.05, 0.1) is 16.5 Å². The van der Waals surface area contributed by atoms with Crippen LogP contribution in [0.25, 0.3) is 0 Å². The summed E-state index contributed by atoms with van der Waals surface area (Å²) >= 11 is 10.0. The summed E-state index contributed by atoms with van der Waals surface area (Å²) in [5.41, 5.74) is 1.14. The third-order valence-electron chi connectivity index (χ3n) is 3.09. The van der Waals surface area contributed by atoms with Crippen molar-refractivity contribution in [1.82, 2.24) is 0 Å². The number of benzene rings is 1. The molecule has 1 nitrogen and oxygen atoms in total. The molecule has 1 rings (SSSR count). The Hall–Kier alpha value is -0.210. The van der Waals surface area contributed by atoms with E-state index >= 15 is 0 Å². The van der Waals surface area contributed by atoms with Crippen molar-refractivity contribution in [3.63, 3.8) is 0 Å². The van der Waals surface area contributed by atoms with Gasteiger partial charge < -0.3 is 4.74 Å². The molecule has 0 saturated heterocycles. The Labute approximate surface area is 118 Å². The first-order valence-corrected chi connectivity index (χ1v) is 7.26. The van der Waals surface area contributed by atoms with Gasteiger partial charge in [0.15, 0.2) is 0 Å². The molecule has 17 heavy (non-hydrogen) atoms. The van der Waals surface area contributed by atoms with E-state index < -0.39 is 0 Å². The predicted molar refractivity (Wildman–Crippen MR) is 77.9 cm³/mol. The van der Waals surface area contributed by atoms with Crippen LogP contribution in [0.2, 0.25) is 0 Å². The number of rotatable bonds is 5. The summed E-state index contributed by atoms with van der Waals surface area (Å²) in [4.78, 5) is 0. The maximum Gasteiger partial charge on any atom is 0.133 e. The molecular weight excluding hydrogens is 300 g/mol. The van der Waals surface area contributed by atoms with E-state index in [1.54, 1.807) is 0 Å². The fourth-order valence-corrected chi connectivity index (χ4v) is 2.54. The molecule has 1 aromatic carbocycles. The van der Waals surface area contributed by atoms with Gasteiger partial charge in [-0.2, -0.15) is 0 Å². The maximum absolute atomic E-state index is 6.49. The Kier molecular flexibility index (Phi) is 5.81. The van der Waals surface area contributed by atoms with Crippen molar-refractivity contribution < 1.29 is 4.74 Å². The minimum absolute atomic E-state index is 0.0435. The smallest absolute Gasteiger partial charge is 0.133 e. The largest absolute Gasteiger partial charge is 0.493 e. The Morgan fingerprint density at radius 1 is 1.29 bits per heavy atom. The van der Waals surface area contributed by atoms with E-state index in [-0.39, 0.29) is 5.38 Å². The van der Waals surface area contributed by atoms with E-state index in [9.17, 15) is 0 Å². The van der Waals surface area contributed by atoms with Crippen LogP contribution in [-0.2, 0) is 0 Å². The fourth-order valence-electron chi connectivity index (χ4n) is 1.60. The van der Waals surface area contributed by atoms with Crippen LogP contribution in [-0.4, -0.2) is 6.61 Å². The van der Waals surface area contributed by atoms with Gasteiger partial charge in [0.25, 0.3) is 0 Å². The molecule has 96 valence electrons. The van der Waals surface area contributed by atoms with Gasteiger partial charge in [-0.15, -0.1) is 11.6 Å². The molecule has 0 N–H and O–H groups in total. The second kappa shape index (κ2) is 6.65. The minimum Gasteiger partial charge on any atom is -0.493 e. The summed E-state index contributed by atoms with van der Waals surface area (Å²) in [7, 11) is 0. The first-order chi connectivity index (χ1) is 7.97. The zero-order valence-electron chi connectivity index (χ0n) is 10.8. The van der Waals surface area contributed by atoms with E-state index in [1.165, 1.54) is 0 Å². The molecule has 0 aromatic heterocycles. The molecule has 0 spiro atoms. The second-order valence-corrected chi connectivity index (χ2v) is 5.95. The van der Waals surface area contributed by atoms with Gasteiger partial charge in [-0.25, -0.2) is 0 Å². The van der Waals surface area contributed by atoms with Crippen molar-refractivity contribution in [3.8, 4) is 5.75 Å². The molecule has 0 bridgehead atoms. The molecule has 0 saturated carbocycles. The minimum atomic E-state index is 0.0435. The molecule has 0 heterocycles. The first kappa shape index (κ1) is 14.8. The summed E-state index contributed by atoms with van der Waals surface area (Å²) < 4.78 is 6.46. The predicted octanol–water partition coefficient (Wildman–Crippen LogP) is 5.42. The van der Waals surface area contributed by atoms with Crippen molar-refractivity contribution >= 4 is 27.5 Å². The van der Waals surface area contributed by atoms with Crippen molar-refractivity contribution in [2.24, 2.45) is 11.8 Å². The standard InChI is InChI=1S/C14H20BrClO/c1-5-17-13-7-6-11(8-12(13)15)14(16)10(4)9(2)3/h6-10,14H,5H2,1-4H3. The molecule has 0 aliphatic rings. The van der Waals surface area contributed by atoms with Gasteiger partial charge in [-0.05, 0) is 52.4 Å². The van der Waals surface area contributed by atoms with Crippen LogP contribution >= 0.6 is 27.5 Å². The summed E-state index contributed by atoms with van der Waals surface area (Å²) in [5, 5.41) is 0.0435. The normalized spacial score (nSPS) is 14.8. The highest BCUT2D eigenvalue weighted by Gasteiger charge is 2.20. The molecule has 0 radical (unpaired) electrons. The zero-order chi connectivity index (χ0) is 13.0. The molecule has 0 fully saturated rings. The fraction of sp³-hybridized carbons (Fsp3) is 0.571.